The van der Waals surface area contributed by atoms with E-state index in [0.717, 1.165) is 11.3 Å². The number of carbonyl (C=O) groups excluding carboxylic acids is 1. The molecule has 2 amide bonds. The van der Waals surface area contributed by atoms with Crippen LogP contribution in [0.5, 0.6) is 0 Å². The van der Waals surface area contributed by atoms with Crippen LogP contribution >= 0.6 is 23.2 Å². The van der Waals surface area contributed by atoms with Crippen LogP contribution in [0.1, 0.15) is 24.3 Å². The molecule has 1 heterocycles. The van der Waals surface area contributed by atoms with Gasteiger partial charge in [0.15, 0.2) is 0 Å². The van der Waals surface area contributed by atoms with E-state index in [-0.39, 0.29) is 12.1 Å². The van der Waals surface area contributed by atoms with Crippen LogP contribution in [-0.2, 0) is 6.42 Å². The molecule has 0 aliphatic heterocycles. The third kappa shape index (κ3) is 4.69. The number of nitrogens with one attached hydrogen (secondary N) is 2. The number of urea groups is 1. The zero-order valence-electron chi connectivity index (χ0n) is 11.5. The summed E-state index contributed by atoms with van der Waals surface area (Å²) in [5, 5.41) is 6.75. The summed E-state index contributed by atoms with van der Waals surface area (Å²) in [5.41, 5.74) is 0.783. The molecule has 1 aromatic heterocycles. The monoisotopic (exact) mass is 326 g/mol. The Bertz CT molecular complexity index is 600. The van der Waals surface area contributed by atoms with E-state index in [1.807, 2.05) is 19.1 Å². The molecular weight excluding hydrogens is 311 g/mol. The second-order valence-corrected chi connectivity index (χ2v) is 5.46. The van der Waals surface area contributed by atoms with Gasteiger partial charge in [0, 0.05) is 23.0 Å². The molecular formula is C15H16Cl2N2O2. The van der Waals surface area contributed by atoms with Gasteiger partial charge in [-0.3, -0.25) is 0 Å². The van der Waals surface area contributed by atoms with E-state index in [4.69, 9.17) is 27.6 Å². The number of hydrogen-bond acceptors (Lipinski definition) is 2. The summed E-state index contributed by atoms with van der Waals surface area (Å²) in [7, 11) is 0. The third-order valence-corrected chi connectivity index (χ3v) is 3.59. The fourth-order valence-electron chi connectivity index (χ4n) is 1.93. The van der Waals surface area contributed by atoms with Crippen molar-refractivity contribution in [3.63, 3.8) is 0 Å². The quantitative estimate of drug-likeness (QED) is 0.865. The molecule has 0 radical (unpaired) electrons. The molecule has 4 nitrogen and oxygen atoms in total. The van der Waals surface area contributed by atoms with Gasteiger partial charge in [-0.1, -0.05) is 23.2 Å². The van der Waals surface area contributed by atoms with Gasteiger partial charge in [-0.15, -0.1) is 0 Å². The molecule has 0 bridgehead atoms. The molecule has 0 fully saturated rings. The molecule has 0 aliphatic rings. The maximum Gasteiger partial charge on any atom is 0.315 e. The molecule has 2 N–H and O–H groups in total. The second-order valence-electron chi connectivity index (χ2n) is 4.62. The van der Waals surface area contributed by atoms with E-state index in [1.54, 1.807) is 24.5 Å². The van der Waals surface area contributed by atoms with Crippen LogP contribution in [0.25, 0.3) is 0 Å². The average molecular weight is 327 g/mol. The molecule has 0 aliphatic carbocycles. The van der Waals surface area contributed by atoms with Gasteiger partial charge in [0.05, 0.1) is 12.3 Å². The third-order valence-electron chi connectivity index (χ3n) is 3.01. The van der Waals surface area contributed by atoms with Crippen molar-refractivity contribution in [3.8, 4) is 0 Å². The highest BCUT2D eigenvalue weighted by Gasteiger charge is 2.13. The Kier molecular flexibility index (Phi) is 5.53. The van der Waals surface area contributed by atoms with Crippen LogP contribution in [0, 0.1) is 0 Å². The van der Waals surface area contributed by atoms with E-state index in [9.17, 15) is 4.79 Å². The predicted octanol–water partition coefficient (Wildman–Crippen LogP) is 4.19. The smallest absolute Gasteiger partial charge is 0.315 e. The molecule has 112 valence electrons. The average Bonchev–Trinajstić information content (AvgIpc) is 2.94. The highest BCUT2D eigenvalue weighted by molar-refractivity contribution is 6.33. The Morgan fingerprint density at radius 2 is 2.14 bits per heavy atom. The minimum Gasteiger partial charge on any atom is -0.469 e. The van der Waals surface area contributed by atoms with Gasteiger partial charge >= 0.3 is 6.03 Å². The standard InChI is InChI=1S/C15H16Cl2N2O2/c1-10(13-9-11(16)4-5-14(13)17)19-15(20)18-7-6-12-3-2-8-21-12/h2-5,8-10H,6-7H2,1H3,(H2,18,19,20). The number of benzene rings is 1. The van der Waals surface area contributed by atoms with Crippen molar-refractivity contribution >= 4 is 29.2 Å². The largest absolute Gasteiger partial charge is 0.469 e. The fourth-order valence-corrected chi connectivity index (χ4v) is 2.39. The Morgan fingerprint density at radius 1 is 1.33 bits per heavy atom. The van der Waals surface area contributed by atoms with Gasteiger partial charge in [0.25, 0.3) is 0 Å². The fraction of sp³-hybridized carbons (Fsp3) is 0.267. The van der Waals surface area contributed by atoms with Gasteiger partial charge < -0.3 is 15.1 Å². The molecule has 0 spiro atoms. The summed E-state index contributed by atoms with van der Waals surface area (Å²) >= 11 is 12.0. The van der Waals surface area contributed by atoms with Crippen molar-refractivity contribution in [2.45, 2.75) is 19.4 Å². The summed E-state index contributed by atoms with van der Waals surface area (Å²) in [6, 6.07) is 8.37. The van der Waals surface area contributed by atoms with Crippen LogP contribution in [-0.4, -0.2) is 12.6 Å². The summed E-state index contributed by atoms with van der Waals surface area (Å²) in [6.07, 6.45) is 2.26. The van der Waals surface area contributed by atoms with Crippen LogP contribution in [0.2, 0.25) is 10.0 Å². The minimum absolute atomic E-state index is 0.236. The number of amides is 2. The zero-order chi connectivity index (χ0) is 15.2. The Labute approximate surface area is 133 Å². The normalized spacial score (nSPS) is 12.0. The zero-order valence-corrected chi connectivity index (χ0v) is 13.0. The molecule has 1 unspecified atom stereocenters. The number of hydrogen-bond donors (Lipinski definition) is 2. The van der Waals surface area contributed by atoms with Gasteiger partial charge in [-0.25, -0.2) is 4.79 Å². The molecule has 0 saturated heterocycles. The maximum absolute atomic E-state index is 11.8. The topological polar surface area (TPSA) is 54.3 Å². The molecule has 2 rings (SSSR count). The summed E-state index contributed by atoms with van der Waals surface area (Å²) in [6.45, 7) is 2.35. The van der Waals surface area contributed by atoms with Crippen LogP contribution in [0.4, 0.5) is 4.79 Å². The first-order valence-corrected chi connectivity index (χ1v) is 7.33. The maximum atomic E-state index is 11.8. The van der Waals surface area contributed by atoms with E-state index in [0.29, 0.717) is 23.0 Å². The molecule has 2 aromatic rings. The lowest BCUT2D eigenvalue weighted by molar-refractivity contribution is 0.238. The van der Waals surface area contributed by atoms with E-state index in [1.165, 1.54) is 0 Å². The first-order chi connectivity index (χ1) is 10.1. The number of furan rings is 1. The Hall–Kier alpha value is -1.65. The van der Waals surface area contributed by atoms with Crippen molar-refractivity contribution < 1.29 is 9.21 Å². The van der Waals surface area contributed by atoms with Crippen molar-refractivity contribution in [3.05, 3.63) is 58.0 Å². The molecule has 21 heavy (non-hydrogen) atoms. The van der Waals surface area contributed by atoms with E-state index < -0.39 is 0 Å². The van der Waals surface area contributed by atoms with Crippen molar-refractivity contribution in [2.75, 3.05) is 6.54 Å². The van der Waals surface area contributed by atoms with Crippen molar-refractivity contribution in [1.29, 1.82) is 0 Å². The predicted molar refractivity (Wildman–Crippen MR) is 83.8 cm³/mol. The Balaban J connectivity index is 1.82. The highest BCUT2D eigenvalue weighted by Crippen LogP contribution is 2.25. The molecule has 0 saturated carbocycles. The number of halogens is 2. The van der Waals surface area contributed by atoms with Crippen LogP contribution < -0.4 is 10.6 Å². The SMILES string of the molecule is CC(NC(=O)NCCc1ccco1)c1cc(Cl)ccc1Cl. The highest BCUT2D eigenvalue weighted by atomic mass is 35.5. The van der Waals surface area contributed by atoms with E-state index >= 15 is 0 Å². The molecule has 1 atom stereocenters. The van der Waals surface area contributed by atoms with Gasteiger partial charge in [-0.2, -0.15) is 0 Å². The molecule has 6 heteroatoms. The van der Waals surface area contributed by atoms with Crippen LogP contribution in [0.3, 0.4) is 0 Å². The van der Waals surface area contributed by atoms with Gasteiger partial charge in [-0.05, 0) is 42.8 Å². The first-order valence-electron chi connectivity index (χ1n) is 6.58. The Morgan fingerprint density at radius 3 is 2.86 bits per heavy atom. The number of carbonyl (C=O) groups is 1. The van der Waals surface area contributed by atoms with Gasteiger partial charge in [0.1, 0.15) is 5.76 Å². The first kappa shape index (κ1) is 15.7. The minimum atomic E-state index is -0.259. The lowest BCUT2D eigenvalue weighted by Gasteiger charge is -2.16. The summed E-state index contributed by atoms with van der Waals surface area (Å²) < 4.78 is 5.19. The lowest BCUT2D eigenvalue weighted by Crippen LogP contribution is -2.38. The summed E-state index contributed by atoms with van der Waals surface area (Å²) in [4.78, 5) is 11.8. The van der Waals surface area contributed by atoms with Gasteiger partial charge in [0.2, 0.25) is 0 Å². The van der Waals surface area contributed by atoms with Crippen molar-refractivity contribution in [2.24, 2.45) is 0 Å². The van der Waals surface area contributed by atoms with Crippen LogP contribution in [0.15, 0.2) is 41.0 Å². The number of rotatable bonds is 5. The second kappa shape index (κ2) is 7.38. The van der Waals surface area contributed by atoms with Crippen molar-refractivity contribution in [1.82, 2.24) is 10.6 Å². The molecule has 1 aromatic carbocycles. The summed E-state index contributed by atoms with van der Waals surface area (Å²) in [5.74, 6) is 0.834. The van der Waals surface area contributed by atoms with E-state index in [2.05, 4.69) is 10.6 Å². The lowest BCUT2D eigenvalue weighted by atomic mass is 10.1.